The topological polar surface area (TPSA) is 61.3 Å². The molecule has 0 spiro atoms. The number of hydrogen-bond donors (Lipinski definition) is 1. The Morgan fingerprint density at radius 1 is 1.21 bits per heavy atom. The van der Waals surface area contributed by atoms with Crippen molar-refractivity contribution in [2.75, 3.05) is 5.73 Å². The summed E-state index contributed by atoms with van der Waals surface area (Å²) < 4.78 is 33.4. The highest BCUT2D eigenvalue weighted by molar-refractivity contribution is 5.75. The number of rotatable bonds is 4. The van der Waals surface area contributed by atoms with Crippen molar-refractivity contribution in [1.29, 1.82) is 0 Å². The molecule has 102 valence electrons. The van der Waals surface area contributed by atoms with Crippen LogP contribution in [0, 0.1) is 0 Å². The van der Waals surface area contributed by atoms with E-state index in [-0.39, 0.29) is 17.6 Å². The van der Waals surface area contributed by atoms with Crippen LogP contribution >= 0.6 is 0 Å². The van der Waals surface area contributed by atoms with E-state index in [2.05, 4.69) is 9.89 Å². The molecule has 1 heterocycles. The fourth-order valence-electron chi connectivity index (χ4n) is 1.80. The van der Waals surface area contributed by atoms with Crippen LogP contribution in [0.1, 0.15) is 25.5 Å². The maximum Gasteiger partial charge on any atom is 0.387 e. The van der Waals surface area contributed by atoms with Crippen molar-refractivity contribution in [3.8, 4) is 16.9 Å². The van der Waals surface area contributed by atoms with Gasteiger partial charge in [0.25, 0.3) is 0 Å². The molecule has 2 rings (SSSR count). The first-order chi connectivity index (χ1) is 8.99. The van der Waals surface area contributed by atoms with E-state index in [9.17, 15) is 8.78 Å². The summed E-state index contributed by atoms with van der Waals surface area (Å²) in [7, 11) is 0. The standard InChI is InChI=1S/C13H14F2N2O2/c1-7(2)11-10(12(16)19-17-11)8-3-5-9(6-4-8)18-13(14)15/h3-7,13H,16H2,1-2H3. The number of nitrogens with two attached hydrogens (primary N) is 1. The van der Waals surface area contributed by atoms with Gasteiger partial charge in [-0.2, -0.15) is 8.78 Å². The fourth-order valence-corrected chi connectivity index (χ4v) is 1.80. The average Bonchev–Trinajstić information content (AvgIpc) is 2.71. The first-order valence-electron chi connectivity index (χ1n) is 5.79. The summed E-state index contributed by atoms with van der Waals surface area (Å²) in [4.78, 5) is 0. The highest BCUT2D eigenvalue weighted by atomic mass is 19.3. The minimum absolute atomic E-state index is 0.0971. The quantitative estimate of drug-likeness (QED) is 0.919. The SMILES string of the molecule is CC(C)c1noc(N)c1-c1ccc(OC(F)F)cc1. The molecule has 1 aromatic heterocycles. The Morgan fingerprint density at radius 2 is 1.84 bits per heavy atom. The Bertz CT molecular complexity index is 550. The number of ether oxygens (including phenoxy) is 1. The van der Waals surface area contributed by atoms with Gasteiger partial charge in [-0.05, 0) is 23.6 Å². The second-order valence-electron chi connectivity index (χ2n) is 4.36. The number of aromatic nitrogens is 1. The van der Waals surface area contributed by atoms with Crippen LogP contribution in [-0.2, 0) is 0 Å². The highest BCUT2D eigenvalue weighted by Gasteiger charge is 2.18. The summed E-state index contributed by atoms with van der Waals surface area (Å²) in [5.41, 5.74) is 7.93. The van der Waals surface area contributed by atoms with Crippen LogP contribution in [0.25, 0.3) is 11.1 Å². The summed E-state index contributed by atoms with van der Waals surface area (Å²) in [5, 5.41) is 3.91. The lowest BCUT2D eigenvalue weighted by Crippen LogP contribution is -2.01. The van der Waals surface area contributed by atoms with E-state index in [0.717, 1.165) is 11.3 Å². The molecule has 2 aromatic rings. The van der Waals surface area contributed by atoms with Crippen molar-refractivity contribution in [3.05, 3.63) is 30.0 Å². The molecule has 0 aliphatic carbocycles. The third-order valence-electron chi connectivity index (χ3n) is 2.66. The van der Waals surface area contributed by atoms with Crippen molar-refractivity contribution in [2.24, 2.45) is 0 Å². The van der Waals surface area contributed by atoms with Gasteiger partial charge in [0.1, 0.15) is 5.75 Å². The van der Waals surface area contributed by atoms with Crippen molar-refractivity contribution in [1.82, 2.24) is 5.16 Å². The second kappa shape index (κ2) is 5.26. The zero-order valence-electron chi connectivity index (χ0n) is 10.6. The van der Waals surface area contributed by atoms with Gasteiger partial charge in [0.2, 0.25) is 5.88 Å². The van der Waals surface area contributed by atoms with E-state index in [0.29, 0.717) is 5.56 Å². The molecule has 1 aromatic carbocycles. The molecular weight excluding hydrogens is 254 g/mol. The number of hydrogen-bond acceptors (Lipinski definition) is 4. The fraction of sp³-hybridized carbons (Fsp3) is 0.308. The van der Waals surface area contributed by atoms with E-state index in [1.165, 1.54) is 12.1 Å². The molecule has 0 fully saturated rings. The number of halogens is 2. The first-order valence-corrected chi connectivity index (χ1v) is 5.79. The molecule has 0 aliphatic rings. The third kappa shape index (κ3) is 2.83. The molecule has 4 nitrogen and oxygen atoms in total. The van der Waals surface area contributed by atoms with Crippen molar-refractivity contribution < 1.29 is 18.0 Å². The lowest BCUT2D eigenvalue weighted by Gasteiger charge is -2.07. The molecule has 0 bridgehead atoms. The molecule has 0 radical (unpaired) electrons. The van der Waals surface area contributed by atoms with E-state index in [1.807, 2.05) is 13.8 Å². The Labute approximate surface area is 109 Å². The smallest absolute Gasteiger partial charge is 0.387 e. The predicted octanol–water partition coefficient (Wildman–Crippen LogP) is 3.65. The number of anilines is 1. The number of nitrogens with zero attached hydrogens (tertiary/aromatic N) is 1. The van der Waals surface area contributed by atoms with Crippen molar-refractivity contribution in [3.63, 3.8) is 0 Å². The van der Waals surface area contributed by atoms with Crippen LogP contribution in [0.5, 0.6) is 5.75 Å². The van der Waals surface area contributed by atoms with E-state index in [4.69, 9.17) is 10.3 Å². The molecule has 0 unspecified atom stereocenters. The average molecular weight is 268 g/mol. The Hall–Kier alpha value is -2.11. The van der Waals surface area contributed by atoms with Gasteiger partial charge in [0.05, 0.1) is 11.3 Å². The van der Waals surface area contributed by atoms with Crippen molar-refractivity contribution in [2.45, 2.75) is 26.4 Å². The van der Waals surface area contributed by atoms with Gasteiger partial charge in [-0.1, -0.05) is 31.1 Å². The van der Waals surface area contributed by atoms with E-state index >= 15 is 0 Å². The van der Waals surface area contributed by atoms with E-state index < -0.39 is 6.61 Å². The van der Waals surface area contributed by atoms with Crippen LogP contribution in [0.3, 0.4) is 0 Å². The van der Waals surface area contributed by atoms with Gasteiger partial charge in [-0.15, -0.1) is 0 Å². The number of benzene rings is 1. The predicted molar refractivity (Wildman–Crippen MR) is 67.1 cm³/mol. The summed E-state index contributed by atoms with van der Waals surface area (Å²) in [6.45, 7) is 1.10. The zero-order valence-corrected chi connectivity index (χ0v) is 10.6. The molecule has 0 aliphatic heterocycles. The van der Waals surface area contributed by atoms with Gasteiger partial charge in [-0.25, -0.2) is 0 Å². The largest absolute Gasteiger partial charge is 0.435 e. The van der Waals surface area contributed by atoms with Crippen LogP contribution in [0.4, 0.5) is 14.7 Å². The Kier molecular flexibility index (Phi) is 3.69. The highest BCUT2D eigenvalue weighted by Crippen LogP contribution is 2.34. The second-order valence-corrected chi connectivity index (χ2v) is 4.36. The maximum atomic E-state index is 12.1. The minimum atomic E-state index is -2.84. The molecule has 2 N–H and O–H groups in total. The van der Waals surface area contributed by atoms with Crippen LogP contribution in [0.15, 0.2) is 28.8 Å². The van der Waals surface area contributed by atoms with E-state index in [1.54, 1.807) is 12.1 Å². The monoisotopic (exact) mass is 268 g/mol. The van der Waals surface area contributed by atoms with Crippen LogP contribution < -0.4 is 10.5 Å². The number of alkyl halides is 2. The van der Waals surface area contributed by atoms with Gasteiger partial charge in [0, 0.05) is 0 Å². The van der Waals surface area contributed by atoms with Gasteiger partial charge < -0.3 is 15.0 Å². The Morgan fingerprint density at radius 3 is 2.37 bits per heavy atom. The molecule has 0 atom stereocenters. The third-order valence-corrected chi connectivity index (χ3v) is 2.66. The Balaban J connectivity index is 2.34. The number of nitrogen functional groups attached to an aromatic ring is 1. The van der Waals surface area contributed by atoms with Gasteiger partial charge >= 0.3 is 6.61 Å². The zero-order chi connectivity index (χ0) is 14.0. The summed E-state index contributed by atoms with van der Waals surface area (Å²) in [6.07, 6.45) is 0. The molecule has 0 saturated carbocycles. The first kappa shape index (κ1) is 13.3. The van der Waals surface area contributed by atoms with Gasteiger partial charge in [0.15, 0.2) is 0 Å². The summed E-state index contributed by atoms with van der Waals surface area (Å²) in [5.74, 6) is 0.458. The summed E-state index contributed by atoms with van der Waals surface area (Å²) >= 11 is 0. The van der Waals surface area contributed by atoms with Gasteiger partial charge in [-0.3, -0.25) is 0 Å². The van der Waals surface area contributed by atoms with Crippen LogP contribution in [-0.4, -0.2) is 11.8 Å². The molecular formula is C13H14F2N2O2. The normalized spacial score (nSPS) is 11.3. The maximum absolute atomic E-state index is 12.1. The lowest BCUT2D eigenvalue weighted by atomic mass is 9.99. The molecule has 19 heavy (non-hydrogen) atoms. The molecule has 0 saturated heterocycles. The summed E-state index contributed by atoms with van der Waals surface area (Å²) in [6, 6.07) is 6.20. The minimum Gasteiger partial charge on any atom is -0.435 e. The molecule has 6 heteroatoms. The van der Waals surface area contributed by atoms with Crippen molar-refractivity contribution >= 4 is 5.88 Å². The lowest BCUT2D eigenvalue weighted by molar-refractivity contribution is -0.0498. The molecule has 0 amide bonds. The van der Waals surface area contributed by atoms with Crippen LogP contribution in [0.2, 0.25) is 0 Å².